The zero-order chi connectivity index (χ0) is 20.5. The molecular weight excluding hydrogens is 469 g/mol. The van der Waals surface area contributed by atoms with Crippen LogP contribution in [0, 0.1) is 3.57 Å². The van der Waals surface area contributed by atoms with Crippen molar-refractivity contribution >= 4 is 40.1 Å². The van der Waals surface area contributed by atoms with Crippen LogP contribution in [-0.2, 0) is 0 Å². The molecule has 2 amide bonds. The topological polar surface area (TPSA) is 70.7 Å². The number of nitrogens with zero attached hydrogens (tertiary/aromatic N) is 1. The number of nitrogens with one attached hydrogen (secondary N) is 2. The molecule has 2 N–H and O–H groups in total. The first-order chi connectivity index (χ1) is 13.5. The Balaban J connectivity index is 1.92. The van der Waals surface area contributed by atoms with Crippen LogP contribution in [0.25, 0.3) is 0 Å². The van der Waals surface area contributed by atoms with Crippen LogP contribution in [0.1, 0.15) is 34.6 Å². The van der Waals surface area contributed by atoms with Gasteiger partial charge in [0.15, 0.2) is 0 Å². The zero-order valence-corrected chi connectivity index (χ0v) is 18.6. The predicted octanol–water partition coefficient (Wildman–Crippen LogP) is 3.62. The van der Waals surface area contributed by atoms with E-state index in [0.29, 0.717) is 23.4 Å². The summed E-state index contributed by atoms with van der Waals surface area (Å²) in [5.74, 6) is 0.403. The number of rotatable bonds is 9. The van der Waals surface area contributed by atoms with Gasteiger partial charge in [-0.1, -0.05) is 13.8 Å². The summed E-state index contributed by atoms with van der Waals surface area (Å²) in [6.07, 6.45) is 0. The molecule has 150 valence electrons. The maximum atomic E-state index is 12.4. The van der Waals surface area contributed by atoms with Gasteiger partial charge in [0.05, 0.1) is 10.7 Å². The van der Waals surface area contributed by atoms with Gasteiger partial charge in [-0.25, -0.2) is 0 Å². The average molecular weight is 495 g/mol. The van der Waals surface area contributed by atoms with Crippen molar-refractivity contribution < 1.29 is 14.3 Å². The molecule has 6 nitrogen and oxygen atoms in total. The van der Waals surface area contributed by atoms with Gasteiger partial charge in [-0.3, -0.25) is 9.59 Å². The highest BCUT2D eigenvalue weighted by Gasteiger charge is 2.10. The molecule has 28 heavy (non-hydrogen) atoms. The predicted molar refractivity (Wildman–Crippen MR) is 120 cm³/mol. The summed E-state index contributed by atoms with van der Waals surface area (Å²) >= 11 is 2.13. The highest BCUT2D eigenvalue weighted by Crippen LogP contribution is 2.22. The second kappa shape index (κ2) is 11.0. The molecule has 2 rings (SSSR count). The fourth-order valence-electron chi connectivity index (χ4n) is 2.69. The minimum Gasteiger partial charge on any atom is -0.496 e. The maximum Gasteiger partial charge on any atom is 0.255 e. The second-order valence-corrected chi connectivity index (χ2v) is 7.33. The van der Waals surface area contributed by atoms with E-state index in [2.05, 4.69) is 52.0 Å². The van der Waals surface area contributed by atoms with E-state index in [1.54, 1.807) is 49.6 Å². The molecule has 2 aromatic carbocycles. The third kappa shape index (κ3) is 6.20. The first-order valence-corrected chi connectivity index (χ1v) is 10.3. The van der Waals surface area contributed by atoms with Gasteiger partial charge in [-0.2, -0.15) is 0 Å². The summed E-state index contributed by atoms with van der Waals surface area (Å²) < 4.78 is 6.07. The third-order valence-corrected chi connectivity index (χ3v) is 5.27. The third-order valence-electron chi connectivity index (χ3n) is 4.43. The Morgan fingerprint density at radius 1 is 1.00 bits per heavy atom. The van der Waals surface area contributed by atoms with Crippen LogP contribution >= 0.6 is 22.6 Å². The molecule has 0 bridgehead atoms. The van der Waals surface area contributed by atoms with Gasteiger partial charge in [0.2, 0.25) is 0 Å². The fraction of sp³-hybridized carbons (Fsp3) is 0.333. The summed E-state index contributed by atoms with van der Waals surface area (Å²) in [6.45, 7) is 7.57. The number of likely N-dealkylation sites (N-methyl/N-ethyl adjacent to an activating group) is 1. The molecule has 0 spiro atoms. The van der Waals surface area contributed by atoms with Crippen molar-refractivity contribution in [2.45, 2.75) is 13.8 Å². The smallest absolute Gasteiger partial charge is 0.255 e. The van der Waals surface area contributed by atoms with E-state index in [1.807, 2.05) is 0 Å². The van der Waals surface area contributed by atoms with Gasteiger partial charge in [0.25, 0.3) is 11.8 Å². The summed E-state index contributed by atoms with van der Waals surface area (Å²) in [6, 6.07) is 12.1. The summed E-state index contributed by atoms with van der Waals surface area (Å²) in [5.41, 5.74) is 1.75. The van der Waals surface area contributed by atoms with Crippen molar-refractivity contribution in [1.29, 1.82) is 0 Å². The van der Waals surface area contributed by atoms with Crippen molar-refractivity contribution in [3.8, 4) is 5.75 Å². The molecule has 0 saturated carbocycles. The van der Waals surface area contributed by atoms with Crippen molar-refractivity contribution in [3.05, 3.63) is 57.2 Å². The van der Waals surface area contributed by atoms with Gasteiger partial charge in [-0.15, -0.1) is 0 Å². The molecule has 0 aromatic heterocycles. The molecule has 0 aliphatic carbocycles. The monoisotopic (exact) mass is 495 g/mol. The minimum absolute atomic E-state index is 0.116. The SMILES string of the molecule is CCN(CC)CCNC(=O)c1ccc(NC(=O)c2ccc(OC)c(I)c2)cc1. The number of carbonyl (C=O) groups is 2. The zero-order valence-electron chi connectivity index (χ0n) is 16.4. The molecule has 0 unspecified atom stereocenters. The number of halogens is 1. The van der Waals surface area contributed by atoms with Crippen molar-refractivity contribution in [2.24, 2.45) is 0 Å². The molecule has 0 saturated heterocycles. The number of carbonyl (C=O) groups excluding carboxylic acids is 2. The van der Waals surface area contributed by atoms with E-state index in [9.17, 15) is 9.59 Å². The molecule has 0 aliphatic heterocycles. The van der Waals surface area contributed by atoms with E-state index < -0.39 is 0 Å². The van der Waals surface area contributed by atoms with Crippen LogP contribution in [0.2, 0.25) is 0 Å². The highest BCUT2D eigenvalue weighted by atomic mass is 127. The number of hydrogen-bond donors (Lipinski definition) is 2. The normalized spacial score (nSPS) is 10.6. The molecule has 0 aliphatic rings. The Kier molecular flexibility index (Phi) is 8.72. The number of hydrogen-bond acceptors (Lipinski definition) is 4. The second-order valence-electron chi connectivity index (χ2n) is 6.16. The first-order valence-electron chi connectivity index (χ1n) is 9.24. The average Bonchev–Trinajstić information content (AvgIpc) is 2.71. The molecular formula is C21H26IN3O3. The summed E-state index contributed by atoms with van der Waals surface area (Å²) in [5, 5.41) is 5.76. The number of anilines is 1. The van der Waals surface area contributed by atoms with Crippen LogP contribution in [-0.4, -0.2) is 50.0 Å². The Morgan fingerprint density at radius 2 is 1.64 bits per heavy atom. The molecule has 0 radical (unpaired) electrons. The van der Waals surface area contributed by atoms with Crippen LogP contribution in [0.3, 0.4) is 0 Å². The lowest BCUT2D eigenvalue weighted by molar-refractivity contribution is 0.0948. The Labute approximate surface area is 179 Å². The van der Waals surface area contributed by atoms with E-state index in [1.165, 1.54) is 0 Å². The van der Waals surface area contributed by atoms with Crippen molar-refractivity contribution in [1.82, 2.24) is 10.2 Å². The summed E-state index contributed by atoms with van der Waals surface area (Å²) in [4.78, 5) is 26.9. The Morgan fingerprint density at radius 3 is 2.21 bits per heavy atom. The van der Waals surface area contributed by atoms with Crippen LogP contribution in [0.15, 0.2) is 42.5 Å². The van der Waals surface area contributed by atoms with E-state index in [0.717, 1.165) is 29.0 Å². The van der Waals surface area contributed by atoms with Gasteiger partial charge in [0, 0.05) is 29.9 Å². The summed E-state index contributed by atoms with van der Waals surface area (Å²) in [7, 11) is 1.60. The van der Waals surface area contributed by atoms with Gasteiger partial charge < -0.3 is 20.3 Å². The van der Waals surface area contributed by atoms with Crippen LogP contribution < -0.4 is 15.4 Å². The molecule has 2 aromatic rings. The number of amides is 2. The standard InChI is InChI=1S/C21H26IN3O3/c1-4-25(5-2)13-12-23-20(26)15-6-9-17(10-7-15)24-21(27)16-8-11-19(28-3)18(22)14-16/h6-11,14H,4-5,12-13H2,1-3H3,(H,23,26)(H,24,27). The number of ether oxygens (including phenoxy) is 1. The van der Waals surface area contributed by atoms with Crippen molar-refractivity contribution in [3.63, 3.8) is 0 Å². The van der Waals surface area contributed by atoms with Crippen molar-refractivity contribution in [2.75, 3.05) is 38.6 Å². The number of methoxy groups -OCH3 is 1. The molecule has 0 heterocycles. The maximum absolute atomic E-state index is 12.4. The first kappa shape index (κ1) is 22.2. The van der Waals surface area contributed by atoms with Crippen LogP contribution in [0.5, 0.6) is 5.75 Å². The molecule has 0 atom stereocenters. The van der Waals surface area contributed by atoms with Gasteiger partial charge in [-0.05, 0) is 78.1 Å². The quantitative estimate of drug-likeness (QED) is 0.522. The number of benzene rings is 2. The van der Waals surface area contributed by atoms with Gasteiger partial charge >= 0.3 is 0 Å². The van der Waals surface area contributed by atoms with Crippen LogP contribution in [0.4, 0.5) is 5.69 Å². The fourth-order valence-corrected chi connectivity index (χ4v) is 3.42. The Hall–Kier alpha value is -2.13. The Bertz CT molecular complexity index is 805. The lowest BCUT2D eigenvalue weighted by atomic mass is 10.1. The van der Waals surface area contributed by atoms with E-state index in [-0.39, 0.29) is 11.8 Å². The lowest BCUT2D eigenvalue weighted by Gasteiger charge is -2.18. The van der Waals surface area contributed by atoms with E-state index >= 15 is 0 Å². The lowest BCUT2D eigenvalue weighted by Crippen LogP contribution is -2.34. The van der Waals surface area contributed by atoms with E-state index in [4.69, 9.17) is 4.74 Å². The molecule has 0 fully saturated rings. The molecule has 7 heteroatoms. The highest BCUT2D eigenvalue weighted by molar-refractivity contribution is 14.1. The van der Waals surface area contributed by atoms with Gasteiger partial charge in [0.1, 0.15) is 5.75 Å². The largest absolute Gasteiger partial charge is 0.496 e. The minimum atomic E-state index is -0.211.